The summed E-state index contributed by atoms with van der Waals surface area (Å²) in [6, 6.07) is 68.7. The van der Waals surface area contributed by atoms with Crippen molar-refractivity contribution in [2.45, 2.75) is 77.0 Å². The number of hydrogen-bond acceptors (Lipinski definition) is 2. The fourth-order valence-corrected chi connectivity index (χ4v) is 9.75. The standard InChI is InChI=1S/C62H58O2/c1-59(2,51-37-53(45-32-30-41-20-15-17-22-43(41)34-45)57(63)55(39-51)61(5,6)47-24-11-9-12-25-47)49-28-19-29-50(36-49)60(3,4)52-38-54(46-33-31-42-21-16-18-23-44(42)35-46)58(64)56(40-52)62(7,8)48-26-13-10-14-27-48/h9-40,63-64H,1-8H3. The second-order valence-corrected chi connectivity index (χ2v) is 19.8. The first-order valence-corrected chi connectivity index (χ1v) is 22.5. The van der Waals surface area contributed by atoms with Gasteiger partial charge in [-0.25, -0.2) is 0 Å². The summed E-state index contributed by atoms with van der Waals surface area (Å²) < 4.78 is 0. The van der Waals surface area contributed by atoms with Gasteiger partial charge in [-0.15, -0.1) is 0 Å². The molecule has 9 rings (SSSR count). The Kier molecular flexibility index (Phi) is 10.6. The molecule has 0 heterocycles. The third-order valence-corrected chi connectivity index (χ3v) is 14.4. The molecule has 2 nitrogen and oxygen atoms in total. The van der Waals surface area contributed by atoms with Gasteiger partial charge in [0.15, 0.2) is 0 Å². The lowest BCUT2D eigenvalue weighted by atomic mass is 9.69. The fraction of sp³-hybridized carbons (Fsp3) is 0.194. The van der Waals surface area contributed by atoms with Gasteiger partial charge in [0.1, 0.15) is 11.5 Å². The Hall–Kier alpha value is -6.90. The molecule has 9 aromatic carbocycles. The van der Waals surface area contributed by atoms with Gasteiger partial charge >= 0.3 is 0 Å². The predicted molar refractivity (Wildman–Crippen MR) is 270 cm³/mol. The molecule has 64 heavy (non-hydrogen) atoms. The van der Waals surface area contributed by atoms with E-state index in [2.05, 4.69) is 237 Å². The minimum absolute atomic E-state index is 0.308. The topological polar surface area (TPSA) is 40.5 Å². The van der Waals surface area contributed by atoms with Crippen molar-refractivity contribution in [2.75, 3.05) is 0 Å². The first-order valence-electron chi connectivity index (χ1n) is 22.5. The normalized spacial score (nSPS) is 12.5. The van der Waals surface area contributed by atoms with Crippen molar-refractivity contribution in [1.29, 1.82) is 0 Å². The maximum atomic E-state index is 12.4. The van der Waals surface area contributed by atoms with Crippen molar-refractivity contribution in [3.05, 3.63) is 239 Å². The molecule has 0 bridgehead atoms. The van der Waals surface area contributed by atoms with Gasteiger partial charge in [0.25, 0.3) is 0 Å². The van der Waals surface area contributed by atoms with Crippen molar-refractivity contribution >= 4 is 21.5 Å². The number of aromatic hydroxyl groups is 2. The quantitative estimate of drug-likeness (QED) is 0.144. The van der Waals surface area contributed by atoms with Crippen molar-refractivity contribution in [2.24, 2.45) is 0 Å². The van der Waals surface area contributed by atoms with Gasteiger partial charge < -0.3 is 10.2 Å². The summed E-state index contributed by atoms with van der Waals surface area (Å²) in [5.41, 5.74) is 10.4. The third-order valence-electron chi connectivity index (χ3n) is 14.4. The molecule has 0 radical (unpaired) electrons. The summed E-state index contributed by atoms with van der Waals surface area (Å²) in [4.78, 5) is 0. The summed E-state index contributed by atoms with van der Waals surface area (Å²) in [7, 11) is 0. The Morgan fingerprint density at radius 2 is 0.609 bits per heavy atom. The van der Waals surface area contributed by atoms with E-state index in [4.69, 9.17) is 0 Å². The predicted octanol–water partition coefficient (Wildman–Crippen LogP) is 16.0. The van der Waals surface area contributed by atoms with Crippen LogP contribution < -0.4 is 0 Å². The molecule has 0 saturated heterocycles. The van der Waals surface area contributed by atoms with Crippen molar-refractivity contribution in [3.63, 3.8) is 0 Å². The first kappa shape index (κ1) is 42.4. The average molecular weight is 835 g/mol. The largest absolute Gasteiger partial charge is 0.507 e. The number of fused-ring (bicyclic) bond motifs is 2. The van der Waals surface area contributed by atoms with Crippen molar-refractivity contribution < 1.29 is 10.2 Å². The van der Waals surface area contributed by atoms with Gasteiger partial charge in [0.2, 0.25) is 0 Å². The van der Waals surface area contributed by atoms with Crippen molar-refractivity contribution in [3.8, 4) is 33.8 Å². The first-order chi connectivity index (χ1) is 30.6. The monoisotopic (exact) mass is 834 g/mol. The number of phenols is 2. The molecule has 0 aliphatic rings. The lowest BCUT2D eigenvalue weighted by Crippen LogP contribution is -2.25. The lowest BCUT2D eigenvalue weighted by Gasteiger charge is -2.35. The summed E-state index contributed by atoms with van der Waals surface area (Å²) >= 11 is 0. The number of hydrogen-bond donors (Lipinski definition) is 2. The van der Waals surface area contributed by atoms with E-state index in [1.165, 1.54) is 21.9 Å². The highest BCUT2D eigenvalue weighted by molar-refractivity contribution is 5.90. The number of benzene rings is 9. The van der Waals surface area contributed by atoms with Crippen LogP contribution in [0.3, 0.4) is 0 Å². The molecule has 0 aliphatic carbocycles. The molecule has 0 aromatic heterocycles. The van der Waals surface area contributed by atoms with E-state index in [1.807, 2.05) is 12.1 Å². The van der Waals surface area contributed by atoms with Crippen LogP contribution in [0.4, 0.5) is 0 Å². The van der Waals surface area contributed by atoms with E-state index in [0.717, 1.165) is 66.4 Å². The molecule has 0 unspecified atom stereocenters. The van der Waals surface area contributed by atoms with Crippen LogP contribution in [0.25, 0.3) is 43.8 Å². The number of phenolic OH excluding ortho intramolecular Hbond substituents is 2. The van der Waals surface area contributed by atoms with E-state index in [0.29, 0.717) is 11.5 Å². The summed E-state index contributed by atoms with van der Waals surface area (Å²) in [5.74, 6) is 0.615. The highest BCUT2D eigenvalue weighted by Gasteiger charge is 2.35. The van der Waals surface area contributed by atoms with Crippen LogP contribution in [0.2, 0.25) is 0 Å². The molecule has 0 amide bonds. The zero-order valence-corrected chi connectivity index (χ0v) is 38.4. The molecule has 0 fully saturated rings. The molecule has 318 valence electrons. The average Bonchev–Trinajstić information content (AvgIpc) is 3.31. The Balaban J connectivity index is 1.19. The van der Waals surface area contributed by atoms with E-state index >= 15 is 0 Å². The zero-order chi connectivity index (χ0) is 45.0. The van der Waals surface area contributed by atoms with Crippen LogP contribution in [0.15, 0.2) is 194 Å². The van der Waals surface area contributed by atoms with Crippen LogP contribution in [0, 0.1) is 0 Å². The zero-order valence-electron chi connectivity index (χ0n) is 38.4. The van der Waals surface area contributed by atoms with Crippen LogP contribution >= 0.6 is 0 Å². The van der Waals surface area contributed by atoms with Gasteiger partial charge in [0.05, 0.1) is 0 Å². The van der Waals surface area contributed by atoms with Gasteiger partial charge in [-0.2, -0.15) is 0 Å². The molecule has 0 aliphatic heterocycles. The van der Waals surface area contributed by atoms with Gasteiger partial charge in [0, 0.05) is 43.9 Å². The maximum absolute atomic E-state index is 12.4. The molecular formula is C62H58O2. The van der Waals surface area contributed by atoms with E-state index < -0.39 is 21.7 Å². The van der Waals surface area contributed by atoms with Gasteiger partial charge in [-0.1, -0.05) is 225 Å². The molecule has 9 aromatic rings. The smallest absolute Gasteiger partial charge is 0.127 e. The Morgan fingerprint density at radius 3 is 1.00 bits per heavy atom. The van der Waals surface area contributed by atoms with Crippen LogP contribution in [0.1, 0.15) is 99.9 Å². The van der Waals surface area contributed by atoms with Crippen molar-refractivity contribution in [1.82, 2.24) is 0 Å². The second kappa shape index (κ2) is 16.0. The van der Waals surface area contributed by atoms with Gasteiger partial charge in [-0.3, -0.25) is 0 Å². The highest BCUT2D eigenvalue weighted by atomic mass is 16.3. The number of rotatable bonds is 10. The van der Waals surface area contributed by atoms with E-state index in [1.54, 1.807) is 0 Å². The maximum Gasteiger partial charge on any atom is 0.127 e. The SMILES string of the molecule is CC(C)(c1cccc(C(C)(C)c2cc(-c3ccc4ccccc4c3)c(O)c(C(C)(C)c3ccccc3)c2)c1)c1cc(-c2ccc3ccccc3c2)c(O)c(C(C)(C)c2ccccc2)c1. The Morgan fingerprint density at radius 1 is 0.266 bits per heavy atom. The minimum Gasteiger partial charge on any atom is -0.507 e. The summed E-state index contributed by atoms with van der Waals surface area (Å²) in [6.45, 7) is 18.0. The Labute approximate surface area is 379 Å². The molecule has 0 saturated carbocycles. The molecular weight excluding hydrogens is 777 g/mol. The van der Waals surface area contributed by atoms with Crippen LogP contribution in [-0.2, 0) is 21.7 Å². The second-order valence-electron chi connectivity index (χ2n) is 19.8. The summed E-state index contributed by atoms with van der Waals surface area (Å²) in [6.07, 6.45) is 0. The molecule has 0 spiro atoms. The molecule has 2 heteroatoms. The van der Waals surface area contributed by atoms with Crippen LogP contribution in [0.5, 0.6) is 11.5 Å². The van der Waals surface area contributed by atoms with Crippen LogP contribution in [-0.4, -0.2) is 10.2 Å². The van der Waals surface area contributed by atoms with Gasteiger partial charge in [-0.05, 0) is 90.3 Å². The van der Waals surface area contributed by atoms with E-state index in [9.17, 15) is 10.2 Å². The third kappa shape index (κ3) is 7.45. The fourth-order valence-electron chi connectivity index (χ4n) is 9.75. The molecule has 2 N–H and O–H groups in total. The Bertz CT molecular complexity index is 2960. The highest BCUT2D eigenvalue weighted by Crippen LogP contribution is 2.49. The molecule has 0 atom stereocenters. The minimum atomic E-state index is -0.486. The lowest BCUT2D eigenvalue weighted by molar-refractivity contribution is 0.453. The van der Waals surface area contributed by atoms with E-state index in [-0.39, 0.29) is 0 Å². The summed E-state index contributed by atoms with van der Waals surface area (Å²) in [5, 5.41) is 29.3.